The molecule has 2 saturated heterocycles. The molecule has 2 aromatic rings. The quantitative estimate of drug-likeness (QED) is 0.496. The number of ether oxygens (including phenoxy) is 1. The first-order chi connectivity index (χ1) is 19.9. The van der Waals surface area contributed by atoms with Crippen LogP contribution >= 0.6 is 0 Å². The number of pyridine rings is 1. The van der Waals surface area contributed by atoms with Crippen LogP contribution in [-0.4, -0.2) is 79.7 Å². The topological polar surface area (TPSA) is 75.9 Å². The minimum Gasteiger partial charge on any atom is -0.475 e. The number of carbonyl (C=O) groups excluding carboxylic acids is 1. The van der Waals surface area contributed by atoms with Crippen molar-refractivity contribution in [2.75, 3.05) is 62.7 Å². The third-order valence-corrected chi connectivity index (χ3v) is 9.38. The van der Waals surface area contributed by atoms with E-state index in [0.29, 0.717) is 62.7 Å². The number of rotatable bonds is 6. The first kappa shape index (κ1) is 27.3. The van der Waals surface area contributed by atoms with Crippen LogP contribution in [0.25, 0.3) is 6.08 Å². The molecule has 0 saturated carbocycles. The maximum Gasteiger partial charge on any atom is 0.246 e. The van der Waals surface area contributed by atoms with Gasteiger partial charge in [-0.15, -0.1) is 0 Å². The number of benzene rings is 1. The lowest BCUT2D eigenvalue weighted by atomic mass is 9.94. The first-order valence-electron chi connectivity index (χ1n) is 14.9. The highest BCUT2D eigenvalue weighted by Gasteiger charge is 2.33. The Labute approximate surface area is 243 Å². The summed E-state index contributed by atoms with van der Waals surface area (Å²) in [6.07, 6.45) is 8.98. The van der Waals surface area contributed by atoms with Gasteiger partial charge >= 0.3 is 0 Å². The van der Waals surface area contributed by atoms with Crippen molar-refractivity contribution in [2.45, 2.75) is 51.6 Å². The molecule has 41 heavy (non-hydrogen) atoms. The Balaban J connectivity index is 1.37. The number of hydrogen-bond acceptors (Lipinski definition) is 7. The van der Waals surface area contributed by atoms with E-state index in [9.17, 15) is 10.1 Å². The molecule has 1 aliphatic carbocycles. The highest BCUT2D eigenvalue weighted by molar-refractivity contribution is 5.87. The minimum absolute atomic E-state index is 0.0450. The number of fused-ring (bicyclic) bond motifs is 2. The van der Waals surface area contributed by atoms with E-state index < -0.39 is 0 Å². The lowest BCUT2D eigenvalue weighted by Crippen LogP contribution is -2.49. The third-order valence-electron chi connectivity index (χ3n) is 9.38. The summed E-state index contributed by atoms with van der Waals surface area (Å²) in [5, 5.41) is 10.4. The van der Waals surface area contributed by atoms with Gasteiger partial charge in [0.1, 0.15) is 18.2 Å². The van der Waals surface area contributed by atoms with Crippen LogP contribution in [0.1, 0.15) is 59.2 Å². The van der Waals surface area contributed by atoms with Gasteiger partial charge in [-0.05, 0) is 62.9 Å². The second-order valence-electron chi connectivity index (χ2n) is 11.8. The van der Waals surface area contributed by atoms with Crippen LogP contribution in [-0.2, 0) is 17.8 Å². The Bertz CT molecular complexity index is 1430. The zero-order valence-electron chi connectivity index (χ0n) is 24.5. The van der Waals surface area contributed by atoms with Crippen molar-refractivity contribution >= 4 is 23.4 Å². The Kier molecular flexibility index (Phi) is 7.48. The van der Waals surface area contributed by atoms with Gasteiger partial charge in [0.15, 0.2) is 0 Å². The van der Waals surface area contributed by atoms with Crippen molar-refractivity contribution in [3.8, 4) is 11.9 Å². The minimum atomic E-state index is -0.0450. The van der Waals surface area contributed by atoms with E-state index in [0.717, 1.165) is 49.3 Å². The van der Waals surface area contributed by atoms with E-state index >= 15 is 0 Å². The van der Waals surface area contributed by atoms with Gasteiger partial charge in [-0.1, -0.05) is 37.8 Å². The zero-order chi connectivity index (χ0) is 28.7. The smallest absolute Gasteiger partial charge is 0.246 e. The molecular formula is C33H40N6O2. The summed E-state index contributed by atoms with van der Waals surface area (Å²) >= 11 is 0. The monoisotopic (exact) mass is 552 g/mol. The summed E-state index contributed by atoms with van der Waals surface area (Å²) in [6, 6.07) is 7.30. The number of piperazine rings is 1. The van der Waals surface area contributed by atoms with Gasteiger partial charge in [0.25, 0.3) is 0 Å². The molecule has 0 radical (unpaired) electrons. The van der Waals surface area contributed by atoms with Crippen molar-refractivity contribution in [3.05, 3.63) is 64.4 Å². The van der Waals surface area contributed by atoms with Crippen LogP contribution in [0.2, 0.25) is 0 Å². The average Bonchev–Trinajstić information content (AvgIpc) is 3.58. The lowest BCUT2D eigenvalue weighted by Gasteiger charge is -2.39. The van der Waals surface area contributed by atoms with Gasteiger partial charge < -0.3 is 24.3 Å². The Morgan fingerprint density at radius 2 is 1.98 bits per heavy atom. The highest BCUT2D eigenvalue weighted by Crippen LogP contribution is 2.42. The molecule has 6 rings (SSSR count). The standard InChI is InChI=1S/C33H40N6O2/c1-5-30(40)37-15-17-38(18-16-37)32-27-12-14-39(31-23(3)9-10-25-22(2)8-11-26(25)31)20-29(27)35-33(28(32)19-34)41-21-24-7-6-13-36(24)4/h5,8-11,22,24H,1,6-7,12-18,20-21H2,2-4H3/t22?,24-/m0/s1. The first-order valence-corrected chi connectivity index (χ1v) is 14.9. The molecule has 8 heteroatoms. The fraction of sp³-hybridized carbons (Fsp3) is 0.485. The molecule has 8 nitrogen and oxygen atoms in total. The molecule has 1 aromatic carbocycles. The van der Waals surface area contributed by atoms with Crippen molar-refractivity contribution < 1.29 is 9.53 Å². The number of likely N-dealkylation sites (N-methyl/N-ethyl adjacent to an activating group) is 1. The number of nitriles is 1. The molecule has 1 amide bonds. The molecule has 2 fully saturated rings. The zero-order valence-corrected chi connectivity index (χ0v) is 24.5. The molecule has 0 bridgehead atoms. The lowest BCUT2D eigenvalue weighted by molar-refractivity contribution is -0.126. The SMILES string of the molecule is C=CC(=O)N1CCN(c2c(C#N)c(OC[C@@H]3CCCN3C)nc3c2CCN(c2c(C)ccc4c2C=CC4C)C3)CC1. The van der Waals surface area contributed by atoms with Gasteiger partial charge in [-0.25, -0.2) is 4.98 Å². The van der Waals surface area contributed by atoms with E-state index in [-0.39, 0.29) is 5.91 Å². The number of allylic oxidation sites excluding steroid dienone is 1. The summed E-state index contributed by atoms with van der Waals surface area (Å²) < 4.78 is 6.40. The molecule has 0 N–H and O–H groups in total. The Morgan fingerprint density at radius 3 is 2.68 bits per heavy atom. The van der Waals surface area contributed by atoms with Crippen molar-refractivity contribution in [1.29, 1.82) is 5.26 Å². The number of nitrogens with zero attached hydrogens (tertiary/aromatic N) is 6. The number of carbonyl (C=O) groups is 1. The number of aryl methyl sites for hydroxylation is 1. The maximum absolute atomic E-state index is 12.2. The van der Waals surface area contributed by atoms with Crippen LogP contribution < -0.4 is 14.5 Å². The normalized spacial score (nSPS) is 22.0. The summed E-state index contributed by atoms with van der Waals surface area (Å²) in [4.78, 5) is 26.2. The van der Waals surface area contributed by atoms with Crippen LogP contribution in [0.3, 0.4) is 0 Å². The molecule has 1 unspecified atom stereocenters. The number of likely N-dealkylation sites (tertiary alicyclic amines) is 1. The number of amides is 1. The largest absolute Gasteiger partial charge is 0.475 e. The van der Waals surface area contributed by atoms with E-state index in [2.05, 4.69) is 72.5 Å². The maximum atomic E-state index is 12.2. The van der Waals surface area contributed by atoms with E-state index in [4.69, 9.17) is 9.72 Å². The molecule has 2 atom stereocenters. The Hall–Kier alpha value is -3.83. The van der Waals surface area contributed by atoms with Crippen molar-refractivity contribution in [3.63, 3.8) is 0 Å². The van der Waals surface area contributed by atoms with E-state index in [1.807, 2.05) is 4.90 Å². The van der Waals surface area contributed by atoms with E-state index in [1.165, 1.54) is 28.5 Å². The summed E-state index contributed by atoms with van der Waals surface area (Å²) in [5.74, 6) is 0.817. The molecule has 214 valence electrons. The number of hydrogen-bond donors (Lipinski definition) is 0. The van der Waals surface area contributed by atoms with Crippen LogP contribution in [0.5, 0.6) is 5.88 Å². The van der Waals surface area contributed by atoms with Gasteiger partial charge in [0, 0.05) is 55.6 Å². The molecule has 3 aliphatic heterocycles. The van der Waals surface area contributed by atoms with E-state index in [1.54, 1.807) is 0 Å². The third kappa shape index (κ3) is 4.97. The summed E-state index contributed by atoms with van der Waals surface area (Å²) in [7, 11) is 2.13. The van der Waals surface area contributed by atoms with Gasteiger partial charge in [-0.3, -0.25) is 4.79 Å². The van der Waals surface area contributed by atoms with Gasteiger partial charge in [0.05, 0.1) is 17.9 Å². The second-order valence-corrected chi connectivity index (χ2v) is 11.8. The number of anilines is 2. The van der Waals surface area contributed by atoms with Crippen LogP contribution in [0, 0.1) is 18.3 Å². The second kappa shape index (κ2) is 11.2. The van der Waals surface area contributed by atoms with Gasteiger partial charge in [-0.2, -0.15) is 5.26 Å². The highest BCUT2D eigenvalue weighted by atomic mass is 16.5. The summed E-state index contributed by atoms with van der Waals surface area (Å²) in [5.41, 5.74) is 8.84. The van der Waals surface area contributed by atoms with Crippen molar-refractivity contribution in [2.24, 2.45) is 0 Å². The molecule has 4 heterocycles. The predicted molar refractivity (Wildman–Crippen MR) is 162 cm³/mol. The fourth-order valence-electron chi connectivity index (χ4n) is 6.99. The predicted octanol–water partition coefficient (Wildman–Crippen LogP) is 4.26. The number of aromatic nitrogens is 1. The molecule has 1 aromatic heterocycles. The Morgan fingerprint density at radius 1 is 1.17 bits per heavy atom. The molecular weight excluding hydrogens is 512 g/mol. The van der Waals surface area contributed by atoms with Crippen molar-refractivity contribution in [1.82, 2.24) is 14.8 Å². The van der Waals surface area contributed by atoms with Gasteiger partial charge in [0.2, 0.25) is 11.8 Å². The van der Waals surface area contributed by atoms with Crippen LogP contribution in [0.15, 0.2) is 30.9 Å². The molecule has 4 aliphatic rings. The summed E-state index contributed by atoms with van der Waals surface area (Å²) in [6.45, 7) is 13.7. The molecule has 0 spiro atoms. The van der Waals surface area contributed by atoms with Crippen LogP contribution in [0.4, 0.5) is 11.4 Å². The average molecular weight is 553 g/mol. The fourth-order valence-corrected chi connectivity index (χ4v) is 6.99.